The summed E-state index contributed by atoms with van der Waals surface area (Å²) in [6.45, 7) is 7.66. The van der Waals surface area contributed by atoms with Gasteiger partial charge in [0.05, 0.1) is 5.69 Å². The van der Waals surface area contributed by atoms with E-state index < -0.39 is 0 Å². The highest BCUT2D eigenvalue weighted by atomic mass is 32.1. The van der Waals surface area contributed by atoms with Gasteiger partial charge in [-0.1, -0.05) is 0 Å². The lowest BCUT2D eigenvalue weighted by molar-refractivity contribution is 0.244. The molecule has 5 nitrogen and oxygen atoms in total. The molecule has 1 saturated heterocycles. The van der Waals surface area contributed by atoms with Gasteiger partial charge >= 0.3 is 0 Å². The number of anilines is 1. The van der Waals surface area contributed by atoms with Crippen LogP contribution >= 0.6 is 11.3 Å². The summed E-state index contributed by atoms with van der Waals surface area (Å²) in [5.74, 6) is 0. The van der Waals surface area contributed by atoms with Gasteiger partial charge in [0.15, 0.2) is 5.13 Å². The number of hydrogen-bond acceptors (Lipinski definition) is 5. The van der Waals surface area contributed by atoms with Crippen LogP contribution in [0.15, 0.2) is 18.3 Å². The van der Waals surface area contributed by atoms with Crippen molar-refractivity contribution in [2.24, 2.45) is 0 Å². The Labute approximate surface area is 135 Å². The number of piperazine rings is 1. The fraction of sp³-hybridized carbons (Fsp3) is 0.562. The van der Waals surface area contributed by atoms with E-state index >= 15 is 0 Å². The van der Waals surface area contributed by atoms with Crippen molar-refractivity contribution in [1.29, 1.82) is 0 Å². The van der Waals surface area contributed by atoms with Crippen LogP contribution in [-0.2, 0) is 19.5 Å². The molecule has 0 aromatic carbocycles. The number of rotatable bonds is 3. The quantitative estimate of drug-likeness (QED) is 0.936. The van der Waals surface area contributed by atoms with E-state index in [2.05, 4.69) is 38.9 Å². The molecular formula is C16H23N5S. The average Bonchev–Trinajstić information content (AvgIpc) is 3.17. The third-order valence-electron chi connectivity index (χ3n) is 4.63. The number of aromatic nitrogens is 2. The number of nitrogens with one attached hydrogen (secondary N) is 1. The molecule has 1 fully saturated rings. The van der Waals surface area contributed by atoms with E-state index in [1.54, 1.807) is 0 Å². The van der Waals surface area contributed by atoms with Crippen molar-refractivity contribution < 1.29 is 0 Å². The van der Waals surface area contributed by atoms with E-state index in [9.17, 15) is 0 Å². The number of H-pyrrole nitrogens is 1. The monoisotopic (exact) mass is 317 g/mol. The molecule has 4 heterocycles. The number of likely N-dealkylation sites (N-methyl/N-ethyl adjacent to an activating group) is 1. The number of aromatic amines is 1. The zero-order valence-corrected chi connectivity index (χ0v) is 13.9. The smallest absolute Gasteiger partial charge is 0.185 e. The minimum Gasteiger partial charge on any atom is -0.364 e. The van der Waals surface area contributed by atoms with Crippen LogP contribution in [0.5, 0.6) is 0 Å². The van der Waals surface area contributed by atoms with Gasteiger partial charge in [0.25, 0.3) is 0 Å². The molecule has 1 N–H and O–H groups in total. The second-order valence-corrected chi connectivity index (χ2v) is 7.37. The standard InChI is InChI=1S/C16H23N5S/c1-19-7-9-21(10-8-19)16-18-14-4-6-20(12-15(14)22-16)11-13-3-2-5-17-13/h2-3,5,17H,4,6-12H2,1H3. The minimum atomic E-state index is 1.01. The molecule has 2 aromatic rings. The van der Waals surface area contributed by atoms with E-state index in [1.165, 1.54) is 21.4 Å². The predicted molar refractivity (Wildman–Crippen MR) is 90.4 cm³/mol. The maximum Gasteiger partial charge on any atom is 0.185 e. The van der Waals surface area contributed by atoms with Crippen LogP contribution in [0.25, 0.3) is 0 Å². The molecule has 0 bridgehead atoms. The summed E-state index contributed by atoms with van der Waals surface area (Å²) in [6.07, 6.45) is 3.09. The summed E-state index contributed by atoms with van der Waals surface area (Å²) < 4.78 is 0. The zero-order valence-electron chi connectivity index (χ0n) is 13.1. The Morgan fingerprint density at radius 2 is 2.09 bits per heavy atom. The van der Waals surface area contributed by atoms with Crippen LogP contribution in [0.3, 0.4) is 0 Å². The fourth-order valence-corrected chi connectivity index (χ4v) is 4.41. The van der Waals surface area contributed by atoms with Crippen molar-refractivity contribution in [2.45, 2.75) is 19.5 Å². The van der Waals surface area contributed by atoms with Gasteiger partial charge in [-0.15, -0.1) is 11.3 Å². The Kier molecular flexibility index (Phi) is 3.90. The first-order valence-electron chi connectivity index (χ1n) is 8.04. The second kappa shape index (κ2) is 6.02. The van der Waals surface area contributed by atoms with Crippen molar-refractivity contribution in [1.82, 2.24) is 19.8 Å². The van der Waals surface area contributed by atoms with Gasteiger partial charge in [-0.05, 0) is 19.2 Å². The van der Waals surface area contributed by atoms with E-state index in [0.717, 1.165) is 52.2 Å². The Balaban J connectivity index is 1.44. The Morgan fingerprint density at radius 3 is 2.86 bits per heavy atom. The molecule has 2 aromatic heterocycles. The molecule has 0 aliphatic carbocycles. The van der Waals surface area contributed by atoms with Gasteiger partial charge in [-0.25, -0.2) is 4.98 Å². The van der Waals surface area contributed by atoms with Crippen molar-refractivity contribution in [3.05, 3.63) is 34.6 Å². The molecular weight excluding hydrogens is 294 g/mol. The van der Waals surface area contributed by atoms with Crippen molar-refractivity contribution in [3.63, 3.8) is 0 Å². The molecule has 0 radical (unpaired) electrons. The van der Waals surface area contributed by atoms with Gasteiger partial charge in [0.2, 0.25) is 0 Å². The molecule has 6 heteroatoms. The molecule has 118 valence electrons. The molecule has 2 aliphatic heterocycles. The highest BCUT2D eigenvalue weighted by Gasteiger charge is 2.24. The summed E-state index contributed by atoms with van der Waals surface area (Å²) in [4.78, 5) is 17.1. The molecule has 2 aliphatic rings. The summed E-state index contributed by atoms with van der Waals surface area (Å²) >= 11 is 1.90. The van der Waals surface area contributed by atoms with E-state index in [-0.39, 0.29) is 0 Å². The molecule has 0 saturated carbocycles. The largest absolute Gasteiger partial charge is 0.364 e. The maximum absolute atomic E-state index is 4.92. The SMILES string of the molecule is CN1CCN(c2nc3c(s2)CN(Cc2ccc[nH]2)CC3)CC1. The van der Waals surface area contributed by atoms with Crippen LogP contribution in [0.4, 0.5) is 5.13 Å². The Bertz CT molecular complexity index is 613. The summed E-state index contributed by atoms with van der Waals surface area (Å²) in [5.41, 5.74) is 2.63. The van der Waals surface area contributed by atoms with Crippen molar-refractivity contribution in [3.8, 4) is 0 Å². The highest BCUT2D eigenvalue weighted by Crippen LogP contribution is 2.31. The lowest BCUT2D eigenvalue weighted by Crippen LogP contribution is -2.44. The molecule has 0 atom stereocenters. The van der Waals surface area contributed by atoms with Gasteiger partial charge < -0.3 is 14.8 Å². The Hall–Kier alpha value is -1.37. The third kappa shape index (κ3) is 2.91. The van der Waals surface area contributed by atoms with E-state index in [4.69, 9.17) is 4.98 Å². The third-order valence-corrected chi connectivity index (χ3v) is 5.77. The molecule has 0 unspecified atom stereocenters. The van der Waals surface area contributed by atoms with Crippen LogP contribution < -0.4 is 4.90 Å². The summed E-state index contributed by atoms with van der Waals surface area (Å²) in [6, 6.07) is 4.24. The summed E-state index contributed by atoms with van der Waals surface area (Å²) in [5, 5.41) is 1.24. The zero-order chi connectivity index (χ0) is 14.9. The van der Waals surface area contributed by atoms with Gasteiger partial charge in [-0.2, -0.15) is 0 Å². The number of hydrogen-bond donors (Lipinski definition) is 1. The van der Waals surface area contributed by atoms with Crippen LogP contribution in [0.2, 0.25) is 0 Å². The molecule has 4 rings (SSSR count). The first kappa shape index (κ1) is 14.2. The molecule has 0 spiro atoms. The molecule has 22 heavy (non-hydrogen) atoms. The highest BCUT2D eigenvalue weighted by molar-refractivity contribution is 7.15. The lowest BCUT2D eigenvalue weighted by Gasteiger charge is -2.32. The first-order chi connectivity index (χ1) is 10.8. The van der Waals surface area contributed by atoms with Crippen LogP contribution in [-0.4, -0.2) is 59.5 Å². The van der Waals surface area contributed by atoms with Gasteiger partial charge in [0.1, 0.15) is 0 Å². The second-order valence-electron chi connectivity index (χ2n) is 6.31. The predicted octanol–water partition coefficient (Wildman–Crippen LogP) is 1.78. The Morgan fingerprint density at radius 1 is 1.23 bits per heavy atom. The fourth-order valence-electron chi connectivity index (χ4n) is 3.21. The van der Waals surface area contributed by atoms with Crippen molar-refractivity contribution >= 4 is 16.5 Å². The van der Waals surface area contributed by atoms with Crippen LogP contribution in [0.1, 0.15) is 16.3 Å². The number of fused-ring (bicyclic) bond motifs is 1. The maximum atomic E-state index is 4.92. The lowest BCUT2D eigenvalue weighted by atomic mass is 10.2. The summed E-state index contributed by atoms with van der Waals surface area (Å²) in [7, 11) is 2.20. The first-order valence-corrected chi connectivity index (χ1v) is 8.86. The average molecular weight is 317 g/mol. The molecule has 0 amide bonds. The van der Waals surface area contributed by atoms with E-state index in [0.29, 0.717) is 0 Å². The minimum absolute atomic E-state index is 1.01. The van der Waals surface area contributed by atoms with E-state index in [1.807, 2.05) is 17.5 Å². The van der Waals surface area contributed by atoms with Gasteiger partial charge in [-0.3, -0.25) is 4.90 Å². The number of thiazole rings is 1. The van der Waals surface area contributed by atoms with Crippen LogP contribution in [0, 0.1) is 0 Å². The van der Waals surface area contributed by atoms with Gasteiger partial charge in [0, 0.05) is 69.0 Å². The van der Waals surface area contributed by atoms with Crippen molar-refractivity contribution in [2.75, 3.05) is 44.7 Å². The normalized spacial score (nSPS) is 20.3. The number of nitrogens with zero attached hydrogens (tertiary/aromatic N) is 4. The topological polar surface area (TPSA) is 38.4 Å².